The van der Waals surface area contributed by atoms with Crippen molar-refractivity contribution in [1.29, 1.82) is 0 Å². The maximum absolute atomic E-state index is 14.5. The third kappa shape index (κ3) is 3.88. The highest BCUT2D eigenvalue weighted by molar-refractivity contribution is 5.89. The van der Waals surface area contributed by atoms with E-state index in [1.807, 2.05) is 18.2 Å². The van der Waals surface area contributed by atoms with Gasteiger partial charge < -0.3 is 9.47 Å². The molecule has 2 aromatic rings. The zero-order valence-corrected chi connectivity index (χ0v) is 15.9. The van der Waals surface area contributed by atoms with E-state index in [1.54, 1.807) is 13.0 Å². The van der Waals surface area contributed by atoms with E-state index in [9.17, 15) is 14.0 Å². The molecule has 1 atom stereocenters. The van der Waals surface area contributed by atoms with E-state index >= 15 is 0 Å². The molecule has 144 valence electrons. The summed E-state index contributed by atoms with van der Waals surface area (Å²) in [4.78, 5) is 23.5. The number of halogens is 1. The maximum atomic E-state index is 14.5. The van der Waals surface area contributed by atoms with E-state index in [1.165, 1.54) is 19.1 Å². The molecule has 0 N–H and O–H groups in total. The Morgan fingerprint density at radius 1 is 1.07 bits per heavy atom. The molecule has 0 spiro atoms. The SMILES string of the molecule is C=C(C)C(=O)Oc1ccc(-c2cccc3c2CCC3OC(=O)C(=C)C)cc1F. The van der Waals surface area contributed by atoms with Crippen LogP contribution in [0.3, 0.4) is 0 Å². The van der Waals surface area contributed by atoms with E-state index in [-0.39, 0.29) is 17.4 Å². The Balaban J connectivity index is 1.90. The van der Waals surface area contributed by atoms with Gasteiger partial charge in [0.05, 0.1) is 0 Å². The molecule has 0 radical (unpaired) electrons. The van der Waals surface area contributed by atoms with E-state index in [2.05, 4.69) is 13.2 Å². The van der Waals surface area contributed by atoms with Crippen LogP contribution in [0.5, 0.6) is 5.75 Å². The van der Waals surface area contributed by atoms with Gasteiger partial charge in [-0.1, -0.05) is 37.4 Å². The summed E-state index contributed by atoms with van der Waals surface area (Å²) in [5.41, 5.74) is 4.02. The Labute approximate surface area is 163 Å². The first-order valence-electron chi connectivity index (χ1n) is 8.93. The number of benzene rings is 2. The normalized spacial score (nSPS) is 14.9. The van der Waals surface area contributed by atoms with Crippen molar-refractivity contribution in [1.82, 2.24) is 0 Å². The number of esters is 2. The number of fused-ring (bicyclic) bond motifs is 1. The molecular weight excluding hydrogens is 359 g/mol. The van der Waals surface area contributed by atoms with Gasteiger partial charge in [0.1, 0.15) is 6.10 Å². The minimum atomic E-state index is -0.672. The lowest BCUT2D eigenvalue weighted by Gasteiger charge is -2.15. The van der Waals surface area contributed by atoms with Crippen LogP contribution in [0.4, 0.5) is 4.39 Å². The second kappa shape index (κ2) is 7.80. The quantitative estimate of drug-likeness (QED) is 0.412. The molecule has 28 heavy (non-hydrogen) atoms. The monoisotopic (exact) mass is 380 g/mol. The average molecular weight is 380 g/mol. The lowest BCUT2D eigenvalue weighted by atomic mass is 9.96. The van der Waals surface area contributed by atoms with Crippen molar-refractivity contribution in [3.63, 3.8) is 0 Å². The third-order valence-electron chi connectivity index (χ3n) is 4.61. The van der Waals surface area contributed by atoms with Crippen LogP contribution in [0.2, 0.25) is 0 Å². The first kappa shape index (κ1) is 19.5. The summed E-state index contributed by atoms with van der Waals surface area (Å²) >= 11 is 0. The predicted octanol–water partition coefficient (Wildman–Crippen LogP) is 5.08. The molecule has 4 nitrogen and oxygen atoms in total. The van der Waals surface area contributed by atoms with Gasteiger partial charge in [0.2, 0.25) is 0 Å². The fraction of sp³-hybridized carbons (Fsp3) is 0.217. The van der Waals surface area contributed by atoms with Crippen molar-refractivity contribution in [3.05, 3.63) is 77.6 Å². The highest BCUT2D eigenvalue weighted by Gasteiger charge is 2.28. The third-order valence-corrected chi connectivity index (χ3v) is 4.61. The highest BCUT2D eigenvalue weighted by atomic mass is 19.1. The lowest BCUT2D eigenvalue weighted by molar-refractivity contribution is -0.144. The van der Waals surface area contributed by atoms with Crippen molar-refractivity contribution in [2.75, 3.05) is 0 Å². The number of carbonyl (C=O) groups is 2. The standard InChI is InChI=1S/C23H21FO4/c1-13(2)22(25)27-20-11-9-17-16(6-5-7-18(17)20)15-8-10-21(19(24)12-15)28-23(26)14(3)4/h5-8,10,12,20H,1,3,9,11H2,2,4H3. The summed E-state index contributed by atoms with van der Waals surface area (Å²) in [5, 5.41) is 0. The number of ether oxygens (including phenoxy) is 2. The van der Waals surface area contributed by atoms with E-state index < -0.39 is 17.8 Å². The van der Waals surface area contributed by atoms with Crippen LogP contribution >= 0.6 is 0 Å². The molecule has 0 saturated carbocycles. The van der Waals surface area contributed by atoms with Crippen LogP contribution in [-0.4, -0.2) is 11.9 Å². The van der Waals surface area contributed by atoms with Gasteiger partial charge in [-0.15, -0.1) is 0 Å². The van der Waals surface area contributed by atoms with Crippen LogP contribution in [0, 0.1) is 5.82 Å². The molecule has 5 heteroatoms. The van der Waals surface area contributed by atoms with E-state index in [0.717, 1.165) is 16.7 Å². The van der Waals surface area contributed by atoms with Crippen LogP contribution in [-0.2, 0) is 20.7 Å². The van der Waals surface area contributed by atoms with Crippen molar-refractivity contribution in [2.45, 2.75) is 32.8 Å². The molecule has 0 amide bonds. The van der Waals surface area contributed by atoms with Gasteiger partial charge in [-0.2, -0.15) is 0 Å². The molecular formula is C23H21FO4. The summed E-state index contributed by atoms with van der Waals surface area (Å²) in [7, 11) is 0. The van der Waals surface area contributed by atoms with Crippen LogP contribution < -0.4 is 4.74 Å². The van der Waals surface area contributed by atoms with Gasteiger partial charge in [-0.3, -0.25) is 0 Å². The predicted molar refractivity (Wildman–Crippen MR) is 104 cm³/mol. The molecule has 0 aliphatic heterocycles. The van der Waals surface area contributed by atoms with Crippen LogP contribution in [0.15, 0.2) is 60.7 Å². The van der Waals surface area contributed by atoms with Crippen molar-refractivity contribution in [2.24, 2.45) is 0 Å². The molecule has 0 fully saturated rings. The summed E-state index contributed by atoms with van der Waals surface area (Å²) in [6.45, 7) is 10.2. The lowest BCUT2D eigenvalue weighted by Crippen LogP contribution is -2.09. The number of rotatable bonds is 5. The van der Waals surface area contributed by atoms with Crippen molar-refractivity contribution in [3.8, 4) is 16.9 Å². The zero-order chi connectivity index (χ0) is 20.4. The molecule has 1 unspecified atom stereocenters. The number of carbonyl (C=O) groups excluding carboxylic acids is 2. The van der Waals surface area contributed by atoms with Gasteiger partial charge in [0.15, 0.2) is 11.6 Å². The second-order valence-electron chi connectivity index (χ2n) is 6.90. The maximum Gasteiger partial charge on any atom is 0.338 e. The molecule has 0 bridgehead atoms. The van der Waals surface area contributed by atoms with Gasteiger partial charge in [-0.25, -0.2) is 14.0 Å². The Morgan fingerprint density at radius 3 is 2.43 bits per heavy atom. The minimum Gasteiger partial charge on any atom is -0.454 e. The fourth-order valence-electron chi connectivity index (χ4n) is 3.18. The summed E-state index contributed by atoms with van der Waals surface area (Å²) in [5.74, 6) is -1.86. The van der Waals surface area contributed by atoms with E-state index in [4.69, 9.17) is 9.47 Å². The molecule has 0 aromatic heterocycles. The summed E-state index contributed by atoms with van der Waals surface area (Å²) in [6.07, 6.45) is 1.05. The summed E-state index contributed by atoms with van der Waals surface area (Å²) < 4.78 is 25.0. The smallest absolute Gasteiger partial charge is 0.338 e. The number of hydrogen-bond acceptors (Lipinski definition) is 4. The molecule has 0 heterocycles. The van der Waals surface area contributed by atoms with Gasteiger partial charge >= 0.3 is 11.9 Å². The second-order valence-corrected chi connectivity index (χ2v) is 6.90. The zero-order valence-electron chi connectivity index (χ0n) is 15.9. The molecule has 0 saturated heterocycles. The van der Waals surface area contributed by atoms with Crippen LogP contribution in [0.1, 0.15) is 37.5 Å². The highest BCUT2D eigenvalue weighted by Crippen LogP contribution is 2.40. The Bertz CT molecular complexity index is 990. The Kier molecular flexibility index (Phi) is 5.45. The van der Waals surface area contributed by atoms with E-state index in [0.29, 0.717) is 24.0 Å². The molecule has 3 rings (SSSR count). The van der Waals surface area contributed by atoms with Gasteiger partial charge in [0, 0.05) is 11.1 Å². The molecule has 1 aliphatic carbocycles. The number of hydrogen-bond donors (Lipinski definition) is 0. The Hall–Kier alpha value is -3.21. The fourth-order valence-corrected chi connectivity index (χ4v) is 3.18. The van der Waals surface area contributed by atoms with Gasteiger partial charge in [-0.05, 0) is 61.1 Å². The average Bonchev–Trinajstić information content (AvgIpc) is 3.06. The van der Waals surface area contributed by atoms with Crippen molar-refractivity contribution < 1.29 is 23.5 Å². The van der Waals surface area contributed by atoms with Crippen LogP contribution in [0.25, 0.3) is 11.1 Å². The minimum absolute atomic E-state index is 0.141. The largest absolute Gasteiger partial charge is 0.454 e. The van der Waals surface area contributed by atoms with Gasteiger partial charge in [0.25, 0.3) is 0 Å². The first-order chi connectivity index (χ1) is 13.3. The molecule has 1 aliphatic rings. The topological polar surface area (TPSA) is 52.6 Å². The first-order valence-corrected chi connectivity index (χ1v) is 8.93. The van der Waals surface area contributed by atoms with Crippen molar-refractivity contribution >= 4 is 11.9 Å². The summed E-state index contributed by atoms with van der Waals surface area (Å²) in [6, 6.07) is 10.1. The molecule has 2 aromatic carbocycles. The Morgan fingerprint density at radius 2 is 1.79 bits per heavy atom.